The van der Waals surface area contributed by atoms with Gasteiger partial charge in [0.15, 0.2) is 0 Å². The standard InChI is InChI=1S/C23H21Cl3N4OS/c1-29(15-16-7-9-17(24)10-8-16)23(31)21(11-13-30-12-3-4-18(30)14-27)28-32-22-19(25)5-2-6-20(22)26/h2-10,12,21,28H,11,13,15H2,1H3. The maximum absolute atomic E-state index is 13.3. The molecule has 9 heteroatoms. The topological polar surface area (TPSA) is 61.1 Å². The first-order chi connectivity index (χ1) is 15.4. The van der Waals surface area contributed by atoms with E-state index in [0.29, 0.717) is 45.2 Å². The van der Waals surface area contributed by atoms with Crippen LogP contribution in [0.5, 0.6) is 0 Å². The minimum absolute atomic E-state index is 0.0821. The Morgan fingerprint density at radius 1 is 1.12 bits per heavy atom. The van der Waals surface area contributed by atoms with Crippen molar-refractivity contribution >= 4 is 52.7 Å². The summed E-state index contributed by atoms with van der Waals surface area (Å²) in [4.78, 5) is 15.6. The Labute approximate surface area is 207 Å². The Balaban J connectivity index is 1.74. The summed E-state index contributed by atoms with van der Waals surface area (Å²) in [5.41, 5.74) is 1.52. The highest BCUT2D eigenvalue weighted by molar-refractivity contribution is 7.97. The molecule has 0 aliphatic heterocycles. The third kappa shape index (κ3) is 6.44. The quantitative estimate of drug-likeness (QED) is 0.359. The van der Waals surface area contributed by atoms with Gasteiger partial charge in [0.2, 0.25) is 5.91 Å². The van der Waals surface area contributed by atoms with E-state index >= 15 is 0 Å². The Bertz CT molecular complexity index is 1090. The van der Waals surface area contributed by atoms with E-state index < -0.39 is 6.04 Å². The number of carbonyl (C=O) groups is 1. The minimum atomic E-state index is -0.529. The molecule has 1 N–H and O–H groups in total. The molecule has 0 fully saturated rings. The van der Waals surface area contributed by atoms with Crippen LogP contribution in [0.4, 0.5) is 0 Å². The largest absolute Gasteiger partial charge is 0.340 e. The van der Waals surface area contributed by atoms with Crippen molar-refractivity contribution in [2.75, 3.05) is 7.05 Å². The van der Waals surface area contributed by atoms with Crippen molar-refractivity contribution in [2.45, 2.75) is 30.4 Å². The van der Waals surface area contributed by atoms with Crippen LogP contribution in [0.15, 0.2) is 65.7 Å². The molecule has 0 aliphatic rings. The molecule has 0 saturated heterocycles. The van der Waals surface area contributed by atoms with E-state index in [0.717, 1.165) is 5.56 Å². The van der Waals surface area contributed by atoms with Crippen LogP contribution in [0.25, 0.3) is 0 Å². The molecule has 3 rings (SSSR count). The van der Waals surface area contributed by atoms with Crippen molar-refractivity contribution in [3.05, 3.63) is 87.1 Å². The van der Waals surface area contributed by atoms with E-state index in [9.17, 15) is 10.1 Å². The van der Waals surface area contributed by atoms with Crippen molar-refractivity contribution in [2.24, 2.45) is 0 Å². The Morgan fingerprint density at radius 2 is 1.81 bits per heavy atom. The molecule has 32 heavy (non-hydrogen) atoms. The van der Waals surface area contributed by atoms with Crippen molar-refractivity contribution in [3.63, 3.8) is 0 Å². The number of benzene rings is 2. The number of halogens is 3. The molecule has 2 aromatic carbocycles. The second-order valence-electron chi connectivity index (χ2n) is 7.13. The lowest BCUT2D eigenvalue weighted by Crippen LogP contribution is -2.43. The number of nitrogens with zero attached hydrogens (tertiary/aromatic N) is 3. The number of amides is 1. The summed E-state index contributed by atoms with van der Waals surface area (Å²) in [6.45, 7) is 0.948. The summed E-state index contributed by atoms with van der Waals surface area (Å²) in [7, 11) is 1.76. The molecule has 0 aliphatic carbocycles. The maximum Gasteiger partial charge on any atom is 0.240 e. The molecule has 1 atom stereocenters. The van der Waals surface area contributed by atoms with E-state index in [-0.39, 0.29) is 5.91 Å². The zero-order chi connectivity index (χ0) is 23.1. The monoisotopic (exact) mass is 506 g/mol. The predicted octanol–water partition coefficient (Wildman–Crippen LogP) is 6.03. The zero-order valence-electron chi connectivity index (χ0n) is 17.3. The SMILES string of the molecule is CN(Cc1ccc(Cl)cc1)C(=O)C(CCn1cccc1C#N)NSc1c(Cl)cccc1Cl. The smallest absolute Gasteiger partial charge is 0.240 e. The second-order valence-corrected chi connectivity index (χ2v) is 9.23. The molecule has 0 bridgehead atoms. The van der Waals surface area contributed by atoms with Crippen LogP contribution in [0.2, 0.25) is 15.1 Å². The minimum Gasteiger partial charge on any atom is -0.340 e. The number of nitrogens with one attached hydrogen (secondary N) is 1. The fourth-order valence-electron chi connectivity index (χ4n) is 3.13. The predicted molar refractivity (Wildman–Crippen MR) is 131 cm³/mol. The van der Waals surface area contributed by atoms with Gasteiger partial charge in [0, 0.05) is 31.4 Å². The normalized spacial score (nSPS) is 11.7. The van der Waals surface area contributed by atoms with E-state index in [2.05, 4.69) is 10.8 Å². The summed E-state index contributed by atoms with van der Waals surface area (Å²) in [6, 6.07) is 17.8. The van der Waals surface area contributed by atoms with Crippen LogP contribution in [-0.2, 0) is 17.9 Å². The average Bonchev–Trinajstić information content (AvgIpc) is 3.24. The molecule has 1 amide bonds. The number of aryl methyl sites for hydroxylation is 1. The number of likely N-dealkylation sites (N-methyl/N-ethyl adjacent to an activating group) is 1. The molecule has 166 valence electrons. The summed E-state index contributed by atoms with van der Waals surface area (Å²) in [6.07, 6.45) is 2.30. The lowest BCUT2D eigenvalue weighted by Gasteiger charge is -2.25. The summed E-state index contributed by atoms with van der Waals surface area (Å²) >= 11 is 19.8. The van der Waals surface area contributed by atoms with E-state index in [4.69, 9.17) is 34.8 Å². The van der Waals surface area contributed by atoms with Crippen LogP contribution in [0.3, 0.4) is 0 Å². The van der Waals surface area contributed by atoms with Gasteiger partial charge in [-0.05, 0) is 60.3 Å². The number of aromatic nitrogens is 1. The fourth-order valence-corrected chi connectivity index (χ4v) is 4.69. The van der Waals surface area contributed by atoms with Crippen LogP contribution in [0.1, 0.15) is 17.7 Å². The van der Waals surface area contributed by atoms with Crippen LogP contribution in [0, 0.1) is 11.3 Å². The fraction of sp³-hybridized carbons (Fsp3) is 0.217. The van der Waals surface area contributed by atoms with Crippen molar-refractivity contribution < 1.29 is 4.79 Å². The molecule has 0 saturated carbocycles. The van der Waals surface area contributed by atoms with Crippen molar-refractivity contribution in [1.82, 2.24) is 14.2 Å². The highest BCUT2D eigenvalue weighted by Crippen LogP contribution is 2.32. The maximum atomic E-state index is 13.3. The van der Waals surface area contributed by atoms with Gasteiger partial charge >= 0.3 is 0 Å². The van der Waals surface area contributed by atoms with Gasteiger partial charge in [-0.1, -0.05) is 53.0 Å². The molecule has 1 heterocycles. The molecule has 0 spiro atoms. The third-order valence-electron chi connectivity index (χ3n) is 4.83. The summed E-state index contributed by atoms with van der Waals surface area (Å²) < 4.78 is 5.06. The van der Waals surface area contributed by atoms with Gasteiger partial charge in [-0.25, -0.2) is 4.72 Å². The first-order valence-electron chi connectivity index (χ1n) is 9.80. The second kappa shape index (κ2) is 11.6. The molecular weight excluding hydrogens is 487 g/mol. The highest BCUT2D eigenvalue weighted by Gasteiger charge is 2.23. The first-order valence-corrected chi connectivity index (χ1v) is 11.7. The van der Waals surface area contributed by atoms with Gasteiger partial charge in [0.25, 0.3) is 0 Å². The molecule has 5 nitrogen and oxygen atoms in total. The molecular formula is C23H21Cl3N4OS. The van der Waals surface area contributed by atoms with E-state index in [1.807, 2.05) is 29.0 Å². The summed E-state index contributed by atoms with van der Waals surface area (Å²) in [5, 5.41) is 10.9. The van der Waals surface area contributed by atoms with Crippen LogP contribution >= 0.6 is 46.8 Å². The Kier molecular flexibility index (Phi) is 8.92. The lowest BCUT2D eigenvalue weighted by atomic mass is 10.1. The molecule has 3 aromatic rings. The van der Waals surface area contributed by atoms with Crippen molar-refractivity contribution in [3.8, 4) is 6.07 Å². The highest BCUT2D eigenvalue weighted by atomic mass is 35.5. The van der Waals surface area contributed by atoms with Crippen LogP contribution in [-0.4, -0.2) is 28.5 Å². The van der Waals surface area contributed by atoms with Gasteiger partial charge in [-0.15, -0.1) is 0 Å². The Morgan fingerprint density at radius 3 is 2.47 bits per heavy atom. The average molecular weight is 508 g/mol. The van der Waals surface area contributed by atoms with Crippen LogP contribution < -0.4 is 4.72 Å². The van der Waals surface area contributed by atoms with E-state index in [1.165, 1.54) is 11.9 Å². The Hall–Kier alpha value is -2.14. The number of hydrogen-bond donors (Lipinski definition) is 1. The molecule has 1 aromatic heterocycles. The number of hydrogen-bond acceptors (Lipinski definition) is 4. The number of nitriles is 1. The number of rotatable bonds is 9. The van der Waals surface area contributed by atoms with Gasteiger partial charge in [-0.2, -0.15) is 5.26 Å². The third-order valence-corrected chi connectivity index (χ3v) is 6.98. The zero-order valence-corrected chi connectivity index (χ0v) is 20.3. The summed E-state index contributed by atoms with van der Waals surface area (Å²) in [5.74, 6) is -0.0821. The van der Waals surface area contributed by atoms with Crippen molar-refractivity contribution in [1.29, 1.82) is 5.26 Å². The molecule has 0 radical (unpaired) electrons. The van der Waals surface area contributed by atoms with Gasteiger partial charge in [0.1, 0.15) is 11.8 Å². The number of carbonyl (C=O) groups excluding carboxylic acids is 1. The lowest BCUT2D eigenvalue weighted by molar-refractivity contribution is -0.132. The molecule has 1 unspecified atom stereocenters. The first kappa shape index (κ1) is 24.5. The van der Waals surface area contributed by atoms with E-state index in [1.54, 1.807) is 48.3 Å². The van der Waals surface area contributed by atoms with Gasteiger partial charge in [-0.3, -0.25) is 4.79 Å². The van der Waals surface area contributed by atoms with Gasteiger partial charge in [0.05, 0.1) is 21.0 Å². The van der Waals surface area contributed by atoms with Gasteiger partial charge < -0.3 is 9.47 Å².